The molecular formula is C20H26N2O4S. The Hall–Kier alpha value is -2.54. The van der Waals surface area contributed by atoms with Crippen LogP contribution in [-0.2, 0) is 14.8 Å². The molecule has 146 valence electrons. The fourth-order valence-corrected chi connectivity index (χ4v) is 3.61. The van der Waals surface area contributed by atoms with Crippen molar-refractivity contribution in [3.05, 3.63) is 54.1 Å². The van der Waals surface area contributed by atoms with Gasteiger partial charge >= 0.3 is 0 Å². The Morgan fingerprint density at radius 1 is 1.11 bits per heavy atom. The molecule has 7 heteroatoms. The quantitative estimate of drug-likeness (QED) is 0.748. The highest BCUT2D eigenvalue weighted by Gasteiger charge is 2.20. The lowest BCUT2D eigenvalue weighted by Gasteiger charge is -2.23. The standard InChI is InChI=1S/C20H26N2O4S/c1-15(2)26-18-11-9-17(10-12-18)21-20(23)13-14-22(27(4,24)25)19-8-6-5-7-16(19)3/h5-12,15H,13-14H2,1-4H3,(H,21,23). The monoisotopic (exact) mass is 390 g/mol. The summed E-state index contributed by atoms with van der Waals surface area (Å²) in [6.07, 6.45) is 1.27. The van der Waals surface area contributed by atoms with E-state index >= 15 is 0 Å². The summed E-state index contributed by atoms with van der Waals surface area (Å²) in [4.78, 5) is 12.3. The highest BCUT2D eigenvalue weighted by Crippen LogP contribution is 2.22. The molecule has 0 saturated carbocycles. The van der Waals surface area contributed by atoms with Crippen LogP contribution in [0.25, 0.3) is 0 Å². The van der Waals surface area contributed by atoms with E-state index in [-0.39, 0.29) is 25.0 Å². The van der Waals surface area contributed by atoms with Crippen molar-refractivity contribution in [1.82, 2.24) is 0 Å². The number of hydrogen-bond acceptors (Lipinski definition) is 4. The molecule has 2 aromatic carbocycles. The van der Waals surface area contributed by atoms with Crippen LogP contribution in [0.1, 0.15) is 25.8 Å². The fourth-order valence-electron chi connectivity index (χ4n) is 2.62. The van der Waals surface area contributed by atoms with Crippen molar-refractivity contribution in [2.24, 2.45) is 0 Å². The van der Waals surface area contributed by atoms with Gasteiger partial charge in [-0.3, -0.25) is 9.10 Å². The molecule has 0 aliphatic rings. The molecule has 1 N–H and O–H groups in total. The predicted molar refractivity (Wildman–Crippen MR) is 109 cm³/mol. The molecule has 0 spiro atoms. The maximum absolute atomic E-state index is 12.3. The molecule has 0 saturated heterocycles. The highest BCUT2D eigenvalue weighted by molar-refractivity contribution is 7.92. The van der Waals surface area contributed by atoms with Gasteiger partial charge in [0.05, 0.1) is 18.0 Å². The summed E-state index contributed by atoms with van der Waals surface area (Å²) in [5, 5.41) is 2.78. The molecule has 27 heavy (non-hydrogen) atoms. The Morgan fingerprint density at radius 3 is 2.30 bits per heavy atom. The van der Waals surface area contributed by atoms with E-state index in [0.29, 0.717) is 11.4 Å². The Balaban J connectivity index is 2.01. The molecule has 0 radical (unpaired) electrons. The second-order valence-corrected chi connectivity index (χ2v) is 8.52. The minimum absolute atomic E-state index is 0.0473. The van der Waals surface area contributed by atoms with Crippen LogP contribution in [0.5, 0.6) is 5.75 Å². The Labute approximate surface area is 161 Å². The van der Waals surface area contributed by atoms with E-state index in [2.05, 4.69) is 5.32 Å². The Bertz CT molecular complexity index is 877. The van der Waals surface area contributed by atoms with Crippen LogP contribution in [0.4, 0.5) is 11.4 Å². The predicted octanol–water partition coefficient (Wildman–Crippen LogP) is 3.58. The molecule has 2 rings (SSSR count). The van der Waals surface area contributed by atoms with Crippen molar-refractivity contribution in [2.75, 3.05) is 22.4 Å². The average molecular weight is 391 g/mol. The maximum atomic E-state index is 12.3. The number of sulfonamides is 1. The number of hydrogen-bond donors (Lipinski definition) is 1. The summed E-state index contributed by atoms with van der Waals surface area (Å²) in [5.41, 5.74) is 2.06. The number of carbonyl (C=O) groups is 1. The number of rotatable bonds is 8. The van der Waals surface area contributed by atoms with E-state index in [0.717, 1.165) is 17.6 Å². The zero-order chi connectivity index (χ0) is 20.0. The van der Waals surface area contributed by atoms with Crippen LogP contribution in [0.2, 0.25) is 0 Å². The van der Waals surface area contributed by atoms with Crippen LogP contribution >= 0.6 is 0 Å². The van der Waals surface area contributed by atoms with E-state index < -0.39 is 10.0 Å². The second-order valence-electron chi connectivity index (χ2n) is 6.61. The summed E-state index contributed by atoms with van der Waals surface area (Å²) < 4.78 is 31.2. The van der Waals surface area contributed by atoms with Gasteiger partial charge in [-0.1, -0.05) is 18.2 Å². The van der Waals surface area contributed by atoms with Gasteiger partial charge in [-0.25, -0.2) is 8.42 Å². The molecule has 6 nitrogen and oxygen atoms in total. The molecule has 0 bridgehead atoms. The van der Waals surface area contributed by atoms with Gasteiger partial charge in [0.2, 0.25) is 15.9 Å². The van der Waals surface area contributed by atoms with Crippen LogP contribution < -0.4 is 14.4 Å². The number of benzene rings is 2. The van der Waals surface area contributed by atoms with E-state index in [1.54, 1.807) is 36.4 Å². The third kappa shape index (κ3) is 6.29. The Kier molecular flexibility index (Phi) is 6.85. The van der Waals surface area contributed by atoms with Crippen LogP contribution in [0, 0.1) is 6.92 Å². The number of ether oxygens (including phenoxy) is 1. The first kappa shape index (κ1) is 20.8. The number of nitrogens with zero attached hydrogens (tertiary/aromatic N) is 1. The lowest BCUT2D eigenvalue weighted by atomic mass is 10.2. The van der Waals surface area contributed by atoms with Crippen LogP contribution in [0.3, 0.4) is 0 Å². The number of carbonyl (C=O) groups excluding carboxylic acids is 1. The zero-order valence-corrected chi connectivity index (χ0v) is 16.9. The summed E-state index contributed by atoms with van der Waals surface area (Å²) in [6, 6.07) is 14.3. The normalized spacial score (nSPS) is 11.3. The molecule has 0 heterocycles. The fraction of sp³-hybridized carbons (Fsp3) is 0.350. The first-order valence-electron chi connectivity index (χ1n) is 8.76. The van der Waals surface area contributed by atoms with Crippen molar-refractivity contribution in [1.29, 1.82) is 0 Å². The lowest BCUT2D eigenvalue weighted by molar-refractivity contribution is -0.116. The largest absolute Gasteiger partial charge is 0.491 e. The van der Waals surface area contributed by atoms with Gasteiger partial charge in [0, 0.05) is 18.7 Å². The SMILES string of the molecule is Cc1ccccc1N(CCC(=O)Nc1ccc(OC(C)C)cc1)S(C)(=O)=O. The van der Waals surface area contributed by atoms with Crippen molar-refractivity contribution in [3.63, 3.8) is 0 Å². The van der Waals surface area contributed by atoms with Crippen LogP contribution in [-0.4, -0.2) is 33.2 Å². The maximum Gasteiger partial charge on any atom is 0.232 e. The minimum atomic E-state index is -3.49. The number of anilines is 2. The van der Waals surface area contributed by atoms with Crippen molar-refractivity contribution >= 4 is 27.3 Å². The highest BCUT2D eigenvalue weighted by atomic mass is 32.2. The van der Waals surface area contributed by atoms with Crippen molar-refractivity contribution in [3.8, 4) is 5.75 Å². The minimum Gasteiger partial charge on any atom is -0.491 e. The number of aryl methyl sites for hydroxylation is 1. The molecule has 0 atom stereocenters. The topological polar surface area (TPSA) is 75.7 Å². The van der Waals surface area contributed by atoms with Crippen molar-refractivity contribution in [2.45, 2.75) is 33.3 Å². The van der Waals surface area contributed by atoms with Crippen LogP contribution in [0.15, 0.2) is 48.5 Å². The van der Waals surface area contributed by atoms with Gasteiger partial charge in [0.1, 0.15) is 5.75 Å². The molecule has 0 aliphatic carbocycles. The number of nitrogens with one attached hydrogen (secondary N) is 1. The Morgan fingerprint density at radius 2 is 1.74 bits per heavy atom. The van der Waals surface area contributed by atoms with Gasteiger partial charge in [0.15, 0.2) is 0 Å². The lowest BCUT2D eigenvalue weighted by Crippen LogP contribution is -2.33. The average Bonchev–Trinajstić information content (AvgIpc) is 2.57. The van der Waals surface area contributed by atoms with E-state index in [4.69, 9.17) is 4.74 Å². The summed E-state index contributed by atoms with van der Waals surface area (Å²) in [5.74, 6) is 0.473. The first-order valence-corrected chi connectivity index (χ1v) is 10.6. The van der Waals surface area contributed by atoms with Crippen molar-refractivity contribution < 1.29 is 17.9 Å². The van der Waals surface area contributed by atoms with Gasteiger partial charge in [0.25, 0.3) is 0 Å². The van der Waals surface area contributed by atoms with E-state index in [1.807, 2.05) is 32.9 Å². The van der Waals surface area contributed by atoms with Gasteiger partial charge in [-0.15, -0.1) is 0 Å². The second kappa shape index (κ2) is 8.90. The molecule has 0 aliphatic heterocycles. The smallest absolute Gasteiger partial charge is 0.232 e. The molecule has 2 aromatic rings. The summed E-state index contributed by atoms with van der Waals surface area (Å²) >= 11 is 0. The third-order valence-electron chi connectivity index (χ3n) is 3.84. The number of para-hydroxylation sites is 1. The van der Waals surface area contributed by atoms with Gasteiger partial charge in [-0.05, 0) is 56.7 Å². The zero-order valence-electron chi connectivity index (χ0n) is 16.1. The van der Waals surface area contributed by atoms with E-state index in [1.165, 1.54) is 4.31 Å². The first-order chi connectivity index (χ1) is 12.7. The summed E-state index contributed by atoms with van der Waals surface area (Å²) in [7, 11) is -3.49. The van der Waals surface area contributed by atoms with E-state index in [9.17, 15) is 13.2 Å². The molecule has 0 unspecified atom stereocenters. The molecular weight excluding hydrogens is 364 g/mol. The molecule has 1 amide bonds. The molecule has 0 aromatic heterocycles. The third-order valence-corrected chi connectivity index (χ3v) is 5.02. The summed E-state index contributed by atoms with van der Waals surface area (Å²) in [6.45, 7) is 5.80. The number of amides is 1. The van der Waals surface area contributed by atoms with Gasteiger partial charge < -0.3 is 10.1 Å². The van der Waals surface area contributed by atoms with Gasteiger partial charge in [-0.2, -0.15) is 0 Å². The molecule has 0 fully saturated rings.